The SMILES string of the molecule is Cc1c(OS(=O)(=O)F)cc(CS)cc1C(=O)O. The minimum Gasteiger partial charge on any atom is -0.478 e. The minimum atomic E-state index is -5.18. The number of carbonyl (C=O) groups is 1. The molecule has 0 bridgehead atoms. The Morgan fingerprint density at radius 1 is 1.53 bits per heavy atom. The van der Waals surface area contributed by atoms with E-state index in [1.165, 1.54) is 19.1 Å². The molecule has 1 aromatic carbocycles. The van der Waals surface area contributed by atoms with Gasteiger partial charge >= 0.3 is 16.5 Å². The summed E-state index contributed by atoms with van der Waals surface area (Å²) in [5, 5.41) is 8.88. The molecule has 0 aliphatic heterocycles. The summed E-state index contributed by atoms with van der Waals surface area (Å²) in [5.74, 6) is -1.44. The fraction of sp³-hybridized carbons (Fsp3) is 0.222. The number of thiol groups is 1. The summed E-state index contributed by atoms with van der Waals surface area (Å²) in [6.45, 7) is 1.33. The van der Waals surface area contributed by atoms with E-state index < -0.39 is 16.5 Å². The molecular weight excluding hydrogens is 271 g/mol. The van der Waals surface area contributed by atoms with Crippen molar-refractivity contribution in [1.82, 2.24) is 0 Å². The van der Waals surface area contributed by atoms with E-state index in [0.717, 1.165) is 0 Å². The highest BCUT2D eigenvalue weighted by Crippen LogP contribution is 2.26. The topological polar surface area (TPSA) is 80.7 Å². The van der Waals surface area contributed by atoms with Crippen LogP contribution in [0.25, 0.3) is 0 Å². The summed E-state index contributed by atoms with van der Waals surface area (Å²) >= 11 is 3.93. The highest BCUT2D eigenvalue weighted by molar-refractivity contribution is 7.81. The first-order valence-corrected chi connectivity index (χ1v) is 6.30. The molecule has 0 aromatic heterocycles. The third-order valence-electron chi connectivity index (χ3n) is 2.02. The van der Waals surface area contributed by atoms with E-state index in [1.54, 1.807) is 0 Å². The quantitative estimate of drug-likeness (QED) is 0.648. The predicted molar refractivity (Wildman–Crippen MR) is 61.5 cm³/mol. The zero-order chi connectivity index (χ0) is 13.2. The van der Waals surface area contributed by atoms with Crippen molar-refractivity contribution in [3.63, 3.8) is 0 Å². The third kappa shape index (κ3) is 3.60. The lowest BCUT2D eigenvalue weighted by atomic mass is 10.0. The van der Waals surface area contributed by atoms with Gasteiger partial charge in [0.15, 0.2) is 0 Å². The number of halogens is 1. The molecular formula is C9H9FO5S2. The Morgan fingerprint density at radius 3 is 2.53 bits per heavy atom. The molecule has 0 radical (unpaired) electrons. The van der Waals surface area contributed by atoms with Crippen LogP contribution >= 0.6 is 12.6 Å². The number of hydrogen-bond donors (Lipinski definition) is 2. The Labute approximate surface area is 103 Å². The van der Waals surface area contributed by atoms with Gasteiger partial charge in [0.2, 0.25) is 0 Å². The summed E-state index contributed by atoms with van der Waals surface area (Å²) in [4.78, 5) is 10.9. The average molecular weight is 280 g/mol. The van der Waals surface area contributed by atoms with Crippen molar-refractivity contribution < 1.29 is 26.4 Å². The molecule has 0 atom stereocenters. The van der Waals surface area contributed by atoms with Crippen LogP contribution in [0.4, 0.5) is 3.89 Å². The largest absolute Gasteiger partial charge is 0.488 e. The number of hydrogen-bond acceptors (Lipinski definition) is 5. The summed E-state index contributed by atoms with van der Waals surface area (Å²) < 4.78 is 37.2. The lowest BCUT2D eigenvalue weighted by molar-refractivity contribution is 0.0695. The molecule has 0 unspecified atom stereocenters. The van der Waals surface area contributed by atoms with E-state index in [9.17, 15) is 17.1 Å². The molecule has 0 heterocycles. The van der Waals surface area contributed by atoms with Crippen molar-refractivity contribution in [2.75, 3.05) is 0 Å². The van der Waals surface area contributed by atoms with Crippen molar-refractivity contribution >= 4 is 29.1 Å². The Balaban J connectivity index is 3.39. The maximum Gasteiger partial charge on any atom is 0.488 e. The fourth-order valence-corrected chi connectivity index (χ4v) is 1.82. The number of aromatic carboxylic acids is 1. The Morgan fingerprint density at radius 2 is 2.12 bits per heavy atom. The smallest absolute Gasteiger partial charge is 0.478 e. The van der Waals surface area contributed by atoms with Crippen molar-refractivity contribution in [2.24, 2.45) is 0 Å². The van der Waals surface area contributed by atoms with Crippen molar-refractivity contribution in [3.8, 4) is 5.75 Å². The standard InChI is InChI=1S/C9H9FO5S2/c1-5-7(9(11)12)2-6(4-16)3-8(5)15-17(10,13)14/h2-3,16H,4H2,1H3,(H,11,12). The van der Waals surface area contributed by atoms with Crippen LogP contribution in [0, 0.1) is 6.92 Å². The van der Waals surface area contributed by atoms with E-state index in [1.807, 2.05) is 0 Å². The number of carboxylic acid groups (broad SMARTS) is 1. The van der Waals surface area contributed by atoms with Crippen molar-refractivity contribution in [3.05, 3.63) is 28.8 Å². The molecule has 8 heteroatoms. The van der Waals surface area contributed by atoms with Gasteiger partial charge in [-0.1, -0.05) is 3.89 Å². The molecule has 0 aliphatic rings. The van der Waals surface area contributed by atoms with E-state index in [-0.39, 0.29) is 22.6 Å². The summed E-state index contributed by atoms with van der Waals surface area (Å²) in [5.41, 5.74) is 0.287. The maximum atomic E-state index is 12.4. The second kappa shape index (κ2) is 4.92. The summed E-state index contributed by atoms with van der Waals surface area (Å²) in [6.07, 6.45) is 0. The van der Waals surface area contributed by atoms with Gasteiger partial charge in [-0.25, -0.2) is 4.79 Å². The van der Waals surface area contributed by atoms with Crippen LogP contribution in [-0.4, -0.2) is 19.5 Å². The molecule has 17 heavy (non-hydrogen) atoms. The lowest BCUT2D eigenvalue weighted by Gasteiger charge is -2.09. The van der Waals surface area contributed by atoms with Gasteiger partial charge < -0.3 is 9.29 Å². The van der Waals surface area contributed by atoms with Gasteiger partial charge in [-0.3, -0.25) is 0 Å². The first kappa shape index (κ1) is 13.8. The second-order valence-corrected chi connectivity index (χ2v) is 4.48. The average Bonchev–Trinajstić information content (AvgIpc) is 2.18. The third-order valence-corrected chi connectivity index (χ3v) is 2.77. The van der Waals surface area contributed by atoms with Crippen molar-refractivity contribution in [1.29, 1.82) is 0 Å². The molecule has 0 fully saturated rings. The molecule has 0 saturated heterocycles. The highest BCUT2D eigenvalue weighted by Gasteiger charge is 2.18. The maximum absolute atomic E-state index is 12.4. The molecule has 94 valence electrons. The Bertz CT molecular complexity index is 553. The van der Waals surface area contributed by atoms with Gasteiger partial charge in [-0.2, -0.15) is 21.0 Å². The second-order valence-electron chi connectivity index (χ2n) is 3.21. The van der Waals surface area contributed by atoms with Gasteiger partial charge in [-0.15, -0.1) is 0 Å². The number of rotatable bonds is 4. The first-order valence-electron chi connectivity index (χ1n) is 4.36. The van der Waals surface area contributed by atoms with Gasteiger partial charge in [0.25, 0.3) is 0 Å². The van der Waals surface area contributed by atoms with E-state index in [4.69, 9.17) is 5.11 Å². The van der Waals surface area contributed by atoms with Crippen molar-refractivity contribution in [2.45, 2.75) is 12.7 Å². The van der Waals surface area contributed by atoms with Crippen LogP contribution < -0.4 is 4.18 Å². The van der Waals surface area contributed by atoms with Gasteiger partial charge in [-0.05, 0) is 24.6 Å². The highest BCUT2D eigenvalue weighted by atomic mass is 32.3. The molecule has 1 aromatic rings. The minimum absolute atomic E-state index is 0.0317. The lowest BCUT2D eigenvalue weighted by Crippen LogP contribution is -2.07. The summed E-state index contributed by atoms with van der Waals surface area (Å²) in [7, 11) is -5.18. The molecule has 0 amide bonds. The zero-order valence-electron chi connectivity index (χ0n) is 8.68. The van der Waals surface area contributed by atoms with E-state index >= 15 is 0 Å². The van der Waals surface area contributed by atoms with E-state index in [0.29, 0.717) is 5.56 Å². The monoisotopic (exact) mass is 280 g/mol. The Hall–Kier alpha value is -1.28. The van der Waals surface area contributed by atoms with E-state index in [2.05, 4.69) is 16.8 Å². The molecule has 0 aliphatic carbocycles. The van der Waals surface area contributed by atoms with Crippen LogP contribution in [0.5, 0.6) is 5.75 Å². The van der Waals surface area contributed by atoms with Gasteiger partial charge in [0.1, 0.15) is 5.75 Å². The number of carboxylic acids is 1. The molecule has 1 rings (SSSR count). The van der Waals surface area contributed by atoms with Crippen LogP contribution in [0.15, 0.2) is 12.1 Å². The van der Waals surface area contributed by atoms with Crippen LogP contribution in [0.1, 0.15) is 21.5 Å². The molecule has 1 N–H and O–H groups in total. The fourth-order valence-electron chi connectivity index (χ4n) is 1.25. The predicted octanol–water partition coefficient (Wildman–Crippen LogP) is 1.72. The Kier molecular flexibility index (Phi) is 3.99. The van der Waals surface area contributed by atoms with Crippen LogP contribution in [0.3, 0.4) is 0 Å². The van der Waals surface area contributed by atoms with Gasteiger partial charge in [0.05, 0.1) is 5.56 Å². The normalized spacial score (nSPS) is 11.2. The number of benzene rings is 1. The van der Waals surface area contributed by atoms with Crippen LogP contribution in [-0.2, 0) is 16.3 Å². The zero-order valence-corrected chi connectivity index (χ0v) is 10.4. The molecule has 0 spiro atoms. The molecule has 0 saturated carbocycles. The molecule has 5 nitrogen and oxygen atoms in total. The van der Waals surface area contributed by atoms with Gasteiger partial charge in [0, 0.05) is 11.3 Å². The first-order chi connectivity index (χ1) is 7.74. The van der Waals surface area contributed by atoms with Crippen LogP contribution in [0.2, 0.25) is 0 Å². The summed E-state index contributed by atoms with van der Waals surface area (Å²) in [6, 6.07) is 2.55.